The average molecular weight is 255 g/mol. The highest BCUT2D eigenvalue weighted by molar-refractivity contribution is 9.08. The summed E-state index contributed by atoms with van der Waals surface area (Å²) in [6.07, 6.45) is 4.52. The topological polar surface area (TPSA) is 25.8 Å². The lowest BCUT2D eigenvalue weighted by Crippen LogP contribution is -2.03. The lowest BCUT2D eigenvalue weighted by Gasteiger charge is -2.10. The molecule has 1 aromatic heterocycles. The number of alkyl halides is 1. The first-order valence-electron chi connectivity index (χ1n) is 5.14. The SMILES string of the molecule is CC(C)c1nc(C2CC2)ncc1CBr. The molecule has 1 heterocycles. The van der Waals surface area contributed by atoms with E-state index in [-0.39, 0.29) is 0 Å². The van der Waals surface area contributed by atoms with Crippen LogP contribution in [0, 0.1) is 0 Å². The summed E-state index contributed by atoms with van der Waals surface area (Å²) in [5.41, 5.74) is 2.43. The van der Waals surface area contributed by atoms with Crippen molar-refractivity contribution >= 4 is 15.9 Å². The van der Waals surface area contributed by atoms with Crippen LogP contribution in [0.2, 0.25) is 0 Å². The van der Waals surface area contributed by atoms with Crippen LogP contribution in [0.5, 0.6) is 0 Å². The Hall–Kier alpha value is -0.440. The minimum atomic E-state index is 0.489. The maximum atomic E-state index is 4.66. The summed E-state index contributed by atoms with van der Waals surface area (Å²) in [5, 5.41) is 0.853. The Bertz CT molecular complexity index is 332. The lowest BCUT2D eigenvalue weighted by atomic mass is 10.1. The molecule has 1 saturated carbocycles. The summed E-state index contributed by atoms with van der Waals surface area (Å²) in [7, 11) is 0. The van der Waals surface area contributed by atoms with Crippen molar-refractivity contribution in [2.45, 2.75) is 43.9 Å². The molecular weight excluding hydrogens is 240 g/mol. The van der Waals surface area contributed by atoms with Crippen LogP contribution in [0.15, 0.2) is 6.20 Å². The molecule has 0 radical (unpaired) electrons. The van der Waals surface area contributed by atoms with E-state index >= 15 is 0 Å². The quantitative estimate of drug-likeness (QED) is 0.774. The third kappa shape index (κ3) is 1.97. The molecule has 0 amide bonds. The van der Waals surface area contributed by atoms with Crippen LogP contribution in [0.3, 0.4) is 0 Å². The second kappa shape index (κ2) is 3.97. The van der Waals surface area contributed by atoms with Gasteiger partial charge in [-0.1, -0.05) is 29.8 Å². The van der Waals surface area contributed by atoms with Crippen molar-refractivity contribution in [2.75, 3.05) is 0 Å². The zero-order chi connectivity index (χ0) is 10.1. The van der Waals surface area contributed by atoms with Gasteiger partial charge in [-0.15, -0.1) is 0 Å². The van der Waals surface area contributed by atoms with Gasteiger partial charge in [0.2, 0.25) is 0 Å². The Morgan fingerprint density at radius 2 is 2.21 bits per heavy atom. The standard InChI is InChI=1S/C11H15BrN2/c1-7(2)10-9(5-12)6-13-11(14-10)8-3-4-8/h6-8H,3-5H2,1-2H3. The first kappa shape index (κ1) is 10.1. The zero-order valence-corrected chi connectivity index (χ0v) is 10.2. The summed E-state index contributed by atoms with van der Waals surface area (Å²) < 4.78 is 0. The van der Waals surface area contributed by atoms with Gasteiger partial charge < -0.3 is 0 Å². The molecular formula is C11H15BrN2. The van der Waals surface area contributed by atoms with Crippen molar-refractivity contribution in [3.8, 4) is 0 Å². The lowest BCUT2D eigenvalue weighted by molar-refractivity contribution is 0.770. The highest BCUT2D eigenvalue weighted by Gasteiger charge is 2.27. The van der Waals surface area contributed by atoms with Crippen LogP contribution in [0.4, 0.5) is 0 Å². The number of halogens is 1. The second-order valence-corrected chi connectivity index (χ2v) is 4.76. The zero-order valence-electron chi connectivity index (χ0n) is 8.63. The van der Waals surface area contributed by atoms with E-state index in [9.17, 15) is 0 Å². The van der Waals surface area contributed by atoms with Crippen molar-refractivity contribution in [1.82, 2.24) is 9.97 Å². The number of hydrogen-bond donors (Lipinski definition) is 0. The molecule has 0 aromatic carbocycles. The van der Waals surface area contributed by atoms with E-state index in [0.29, 0.717) is 11.8 Å². The maximum absolute atomic E-state index is 4.66. The molecule has 0 aliphatic heterocycles. The molecule has 1 fully saturated rings. The maximum Gasteiger partial charge on any atom is 0.131 e. The fourth-order valence-corrected chi connectivity index (χ4v) is 2.01. The third-order valence-corrected chi connectivity index (χ3v) is 3.15. The van der Waals surface area contributed by atoms with Gasteiger partial charge in [-0.05, 0) is 18.8 Å². The highest BCUT2D eigenvalue weighted by atomic mass is 79.9. The van der Waals surface area contributed by atoms with Gasteiger partial charge in [-0.2, -0.15) is 0 Å². The summed E-state index contributed by atoms with van der Waals surface area (Å²) in [6.45, 7) is 4.37. The molecule has 1 aromatic rings. The fraction of sp³-hybridized carbons (Fsp3) is 0.636. The molecule has 2 nitrogen and oxygen atoms in total. The molecule has 0 N–H and O–H groups in total. The van der Waals surface area contributed by atoms with Gasteiger partial charge in [-0.3, -0.25) is 0 Å². The van der Waals surface area contributed by atoms with Gasteiger partial charge in [-0.25, -0.2) is 9.97 Å². The molecule has 76 valence electrons. The monoisotopic (exact) mass is 254 g/mol. The van der Waals surface area contributed by atoms with Crippen molar-refractivity contribution in [3.05, 3.63) is 23.3 Å². The summed E-state index contributed by atoms with van der Waals surface area (Å²) >= 11 is 3.47. The van der Waals surface area contributed by atoms with Gasteiger partial charge in [0.15, 0.2) is 0 Å². The minimum absolute atomic E-state index is 0.489. The third-order valence-electron chi connectivity index (χ3n) is 2.55. The smallest absolute Gasteiger partial charge is 0.131 e. The first-order valence-corrected chi connectivity index (χ1v) is 6.26. The number of nitrogens with zero attached hydrogens (tertiary/aromatic N) is 2. The number of aromatic nitrogens is 2. The van der Waals surface area contributed by atoms with E-state index in [0.717, 1.165) is 11.2 Å². The minimum Gasteiger partial charge on any atom is -0.241 e. The number of hydrogen-bond acceptors (Lipinski definition) is 2. The fourth-order valence-electron chi connectivity index (χ4n) is 1.58. The second-order valence-electron chi connectivity index (χ2n) is 4.20. The summed E-state index contributed by atoms with van der Waals surface area (Å²) in [5.74, 6) is 2.19. The van der Waals surface area contributed by atoms with E-state index in [1.54, 1.807) is 0 Å². The Kier molecular flexibility index (Phi) is 2.86. The molecule has 0 saturated heterocycles. The van der Waals surface area contributed by atoms with Crippen molar-refractivity contribution in [1.29, 1.82) is 0 Å². The Morgan fingerprint density at radius 1 is 1.50 bits per heavy atom. The van der Waals surface area contributed by atoms with Gasteiger partial charge in [0.25, 0.3) is 0 Å². The van der Waals surface area contributed by atoms with Crippen LogP contribution in [-0.4, -0.2) is 9.97 Å². The van der Waals surface area contributed by atoms with E-state index in [1.165, 1.54) is 24.1 Å². The molecule has 1 aliphatic carbocycles. The van der Waals surface area contributed by atoms with E-state index in [1.807, 2.05) is 6.20 Å². The number of rotatable bonds is 3. The van der Waals surface area contributed by atoms with Crippen molar-refractivity contribution < 1.29 is 0 Å². The Balaban J connectivity index is 2.35. The predicted octanol–water partition coefficient (Wildman–Crippen LogP) is 3.37. The van der Waals surface area contributed by atoms with Crippen molar-refractivity contribution in [2.24, 2.45) is 0 Å². The molecule has 1 aliphatic rings. The van der Waals surface area contributed by atoms with Gasteiger partial charge in [0, 0.05) is 23.0 Å². The molecule has 3 heteroatoms. The Labute approximate surface area is 93.3 Å². The molecule has 14 heavy (non-hydrogen) atoms. The van der Waals surface area contributed by atoms with Gasteiger partial charge in [0.05, 0.1) is 5.69 Å². The van der Waals surface area contributed by atoms with Crippen LogP contribution >= 0.6 is 15.9 Å². The Morgan fingerprint density at radius 3 is 2.71 bits per heavy atom. The van der Waals surface area contributed by atoms with Crippen LogP contribution in [0.25, 0.3) is 0 Å². The first-order chi connectivity index (χ1) is 6.72. The van der Waals surface area contributed by atoms with Crippen LogP contribution in [0.1, 0.15) is 55.6 Å². The molecule has 0 bridgehead atoms. The molecule has 2 rings (SSSR count). The summed E-state index contributed by atoms with van der Waals surface area (Å²) in [4.78, 5) is 9.08. The van der Waals surface area contributed by atoms with Crippen molar-refractivity contribution in [3.63, 3.8) is 0 Å². The summed E-state index contributed by atoms with van der Waals surface area (Å²) in [6, 6.07) is 0. The van der Waals surface area contributed by atoms with Crippen LogP contribution in [-0.2, 0) is 5.33 Å². The normalized spacial score (nSPS) is 16.3. The van der Waals surface area contributed by atoms with E-state index in [4.69, 9.17) is 0 Å². The molecule has 0 unspecified atom stereocenters. The largest absolute Gasteiger partial charge is 0.241 e. The average Bonchev–Trinajstić information content (AvgIpc) is 3.00. The van der Waals surface area contributed by atoms with Gasteiger partial charge in [0.1, 0.15) is 5.82 Å². The molecule has 0 spiro atoms. The predicted molar refractivity (Wildman–Crippen MR) is 60.7 cm³/mol. The van der Waals surface area contributed by atoms with Gasteiger partial charge >= 0.3 is 0 Å². The molecule has 0 atom stereocenters. The van der Waals surface area contributed by atoms with E-state index < -0.39 is 0 Å². The van der Waals surface area contributed by atoms with Crippen LogP contribution < -0.4 is 0 Å². The van der Waals surface area contributed by atoms with E-state index in [2.05, 4.69) is 39.7 Å². The highest BCUT2D eigenvalue weighted by Crippen LogP contribution is 2.38.